The Kier molecular flexibility index (Phi) is 4.33. The summed E-state index contributed by atoms with van der Waals surface area (Å²) >= 11 is 0. The molecule has 0 fully saturated rings. The number of carbonyl (C=O) groups is 2. The van der Waals surface area contributed by atoms with Gasteiger partial charge in [-0.15, -0.1) is 0 Å². The minimum absolute atomic E-state index is 0.0809. The summed E-state index contributed by atoms with van der Waals surface area (Å²) in [5.41, 5.74) is 6.60. The Morgan fingerprint density at radius 1 is 1.35 bits per heavy atom. The lowest BCUT2D eigenvalue weighted by Crippen LogP contribution is -2.26. The Labute approximate surface area is 98.8 Å². The highest BCUT2D eigenvalue weighted by atomic mass is 16.4. The zero-order chi connectivity index (χ0) is 12.8. The molecule has 1 amide bonds. The average Bonchev–Trinajstić information content (AvgIpc) is 2.23. The van der Waals surface area contributed by atoms with E-state index in [0.717, 1.165) is 5.69 Å². The molecule has 1 aromatic carbocycles. The fraction of sp³-hybridized carbons (Fsp3) is 0.273. The van der Waals surface area contributed by atoms with Crippen LogP contribution in [0.4, 0.5) is 11.4 Å². The highest BCUT2D eigenvalue weighted by molar-refractivity contribution is 5.94. The van der Waals surface area contributed by atoms with E-state index in [9.17, 15) is 9.59 Å². The number of anilines is 2. The second kappa shape index (κ2) is 5.74. The van der Waals surface area contributed by atoms with Gasteiger partial charge >= 0.3 is 5.97 Å². The third-order valence-electron chi connectivity index (χ3n) is 2.11. The van der Waals surface area contributed by atoms with Crippen LogP contribution >= 0.6 is 0 Å². The lowest BCUT2D eigenvalue weighted by atomic mass is 10.1. The molecule has 0 saturated carbocycles. The van der Waals surface area contributed by atoms with E-state index in [0.29, 0.717) is 13.1 Å². The van der Waals surface area contributed by atoms with Gasteiger partial charge in [-0.1, -0.05) is 0 Å². The molecule has 0 radical (unpaired) electrons. The van der Waals surface area contributed by atoms with Crippen molar-refractivity contribution in [3.8, 4) is 0 Å². The molecule has 0 aliphatic rings. The third kappa shape index (κ3) is 4.02. The third-order valence-corrected chi connectivity index (χ3v) is 2.11. The van der Waals surface area contributed by atoms with Gasteiger partial charge < -0.3 is 21.5 Å². The fourth-order valence-corrected chi connectivity index (χ4v) is 1.31. The highest BCUT2D eigenvalue weighted by Gasteiger charge is 2.07. The molecule has 92 valence electrons. The fourth-order valence-electron chi connectivity index (χ4n) is 1.31. The van der Waals surface area contributed by atoms with Gasteiger partial charge in [-0.25, -0.2) is 4.79 Å². The van der Waals surface area contributed by atoms with Crippen LogP contribution < -0.4 is 16.4 Å². The van der Waals surface area contributed by atoms with Gasteiger partial charge in [-0.3, -0.25) is 4.79 Å². The van der Waals surface area contributed by atoms with E-state index >= 15 is 0 Å². The van der Waals surface area contributed by atoms with Crippen molar-refractivity contribution >= 4 is 23.3 Å². The van der Waals surface area contributed by atoms with Crippen molar-refractivity contribution < 1.29 is 14.7 Å². The molecule has 1 aromatic rings. The molecular formula is C11H15N3O3. The first-order chi connectivity index (χ1) is 8.00. The van der Waals surface area contributed by atoms with Crippen molar-refractivity contribution in [3.05, 3.63) is 23.8 Å². The minimum Gasteiger partial charge on any atom is -0.478 e. The first-order valence-electron chi connectivity index (χ1n) is 5.12. The van der Waals surface area contributed by atoms with Gasteiger partial charge in [0.15, 0.2) is 0 Å². The summed E-state index contributed by atoms with van der Waals surface area (Å²) in [5.74, 6) is -1.14. The number of benzene rings is 1. The predicted molar refractivity (Wildman–Crippen MR) is 65.0 cm³/mol. The van der Waals surface area contributed by atoms with Crippen LogP contribution in [0.25, 0.3) is 0 Å². The Bertz CT molecular complexity index is 432. The maximum absolute atomic E-state index is 10.7. The van der Waals surface area contributed by atoms with E-state index in [1.54, 1.807) is 12.1 Å². The van der Waals surface area contributed by atoms with Crippen molar-refractivity contribution in [2.24, 2.45) is 0 Å². The van der Waals surface area contributed by atoms with Crippen LogP contribution in [0.2, 0.25) is 0 Å². The smallest absolute Gasteiger partial charge is 0.337 e. The van der Waals surface area contributed by atoms with Crippen molar-refractivity contribution in [1.82, 2.24) is 5.32 Å². The van der Waals surface area contributed by atoms with Crippen molar-refractivity contribution in [3.63, 3.8) is 0 Å². The number of hydrogen-bond acceptors (Lipinski definition) is 4. The van der Waals surface area contributed by atoms with Crippen LogP contribution in [0.1, 0.15) is 17.3 Å². The maximum atomic E-state index is 10.7. The molecule has 0 aliphatic carbocycles. The van der Waals surface area contributed by atoms with Gasteiger partial charge in [-0.05, 0) is 18.2 Å². The molecule has 0 aliphatic heterocycles. The lowest BCUT2D eigenvalue weighted by molar-refractivity contribution is -0.118. The van der Waals surface area contributed by atoms with Crippen molar-refractivity contribution in [2.45, 2.75) is 6.92 Å². The normalized spacial score (nSPS) is 9.71. The molecule has 0 saturated heterocycles. The molecule has 0 aromatic heterocycles. The zero-order valence-corrected chi connectivity index (χ0v) is 9.49. The number of amides is 1. The molecule has 0 unspecified atom stereocenters. The Morgan fingerprint density at radius 2 is 2.06 bits per heavy atom. The molecule has 0 heterocycles. The molecule has 0 atom stereocenters. The van der Waals surface area contributed by atoms with Gasteiger partial charge in [0.1, 0.15) is 0 Å². The standard InChI is InChI=1S/C11H15N3O3/c1-7(15)13-4-5-14-8-2-3-9(11(16)17)10(12)6-8/h2-3,6,14H,4-5,12H2,1H3,(H,13,15)(H,16,17). The number of carboxylic acid groups (broad SMARTS) is 1. The summed E-state index contributed by atoms with van der Waals surface area (Å²) in [7, 11) is 0. The molecule has 1 rings (SSSR count). The van der Waals surface area contributed by atoms with Crippen LogP contribution in [-0.2, 0) is 4.79 Å². The van der Waals surface area contributed by atoms with Crippen LogP contribution in [0.15, 0.2) is 18.2 Å². The van der Waals surface area contributed by atoms with Gasteiger partial charge in [0.25, 0.3) is 0 Å². The minimum atomic E-state index is -1.05. The monoisotopic (exact) mass is 237 g/mol. The number of carbonyl (C=O) groups excluding carboxylic acids is 1. The molecule has 6 heteroatoms. The maximum Gasteiger partial charge on any atom is 0.337 e. The number of hydrogen-bond donors (Lipinski definition) is 4. The lowest BCUT2D eigenvalue weighted by Gasteiger charge is -2.08. The van der Waals surface area contributed by atoms with E-state index < -0.39 is 5.97 Å². The topological polar surface area (TPSA) is 104 Å². The molecule has 0 bridgehead atoms. The van der Waals surface area contributed by atoms with Crippen molar-refractivity contribution in [1.29, 1.82) is 0 Å². The van der Waals surface area contributed by atoms with Crippen LogP contribution in [0, 0.1) is 0 Å². The number of nitrogen functional groups attached to an aromatic ring is 1. The number of rotatable bonds is 5. The number of nitrogens with one attached hydrogen (secondary N) is 2. The van der Waals surface area contributed by atoms with Crippen molar-refractivity contribution in [2.75, 3.05) is 24.1 Å². The van der Waals surface area contributed by atoms with Gasteiger partial charge in [0, 0.05) is 31.4 Å². The second-order valence-corrected chi connectivity index (χ2v) is 3.52. The predicted octanol–water partition coefficient (Wildman–Crippen LogP) is 0.515. The average molecular weight is 237 g/mol. The number of carboxylic acids is 1. The van der Waals surface area contributed by atoms with E-state index in [1.165, 1.54) is 13.0 Å². The van der Waals surface area contributed by atoms with Crippen LogP contribution in [0.5, 0.6) is 0 Å². The molecule has 5 N–H and O–H groups in total. The van der Waals surface area contributed by atoms with Gasteiger partial charge in [-0.2, -0.15) is 0 Å². The highest BCUT2D eigenvalue weighted by Crippen LogP contribution is 2.17. The Morgan fingerprint density at radius 3 is 2.59 bits per heavy atom. The zero-order valence-electron chi connectivity index (χ0n) is 9.49. The SMILES string of the molecule is CC(=O)NCCNc1ccc(C(=O)O)c(N)c1. The van der Waals surface area contributed by atoms with Gasteiger partial charge in [0.05, 0.1) is 5.56 Å². The van der Waals surface area contributed by atoms with Crippen LogP contribution in [0.3, 0.4) is 0 Å². The molecular weight excluding hydrogens is 222 g/mol. The van der Waals surface area contributed by atoms with E-state index in [4.69, 9.17) is 10.8 Å². The number of aromatic carboxylic acids is 1. The number of nitrogens with two attached hydrogens (primary N) is 1. The van der Waals surface area contributed by atoms with Gasteiger partial charge in [0.2, 0.25) is 5.91 Å². The summed E-state index contributed by atoms with van der Waals surface area (Å²) in [6.45, 7) is 2.49. The summed E-state index contributed by atoms with van der Waals surface area (Å²) in [4.78, 5) is 21.3. The quantitative estimate of drug-likeness (QED) is 0.441. The first-order valence-corrected chi connectivity index (χ1v) is 5.12. The summed E-state index contributed by atoms with van der Waals surface area (Å²) in [6.07, 6.45) is 0. The largest absolute Gasteiger partial charge is 0.478 e. The Hall–Kier alpha value is -2.24. The Balaban J connectivity index is 2.53. The van der Waals surface area contributed by atoms with Crippen LogP contribution in [-0.4, -0.2) is 30.1 Å². The van der Waals surface area contributed by atoms with E-state index in [2.05, 4.69) is 10.6 Å². The summed E-state index contributed by atoms with van der Waals surface area (Å²) in [6, 6.07) is 4.63. The van der Waals surface area contributed by atoms with E-state index in [1.807, 2.05) is 0 Å². The second-order valence-electron chi connectivity index (χ2n) is 3.52. The summed E-state index contributed by atoms with van der Waals surface area (Å²) in [5, 5.41) is 14.4. The van der Waals surface area contributed by atoms with E-state index in [-0.39, 0.29) is 17.2 Å². The molecule has 6 nitrogen and oxygen atoms in total. The first kappa shape index (κ1) is 12.8. The summed E-state index contributed by atoms with van der Waals surface area (Å²) < 4.78 is 0. The molecule has 17 heavy (non-hydrogen) atoms. The molecule has 0 spiro atoms.